The highest BCUT2D eigenvalue weighted by atomic mass is 35.5. The Balaban J connectivity index is 2.06. The van der Waals surface area contributed by atoms with E-state index in [0.717, 1.165) is 23.5 Å². The summed E-state index contributed by atoms with van der Waals surface area (Å²) in [5.41, 5.74) is -3.11. The molecule has 0 amide bonds. The Bertz CT molecular complexity index is 1010. The van der Waals surface area contributed by atoms with E-state index in [2.05, 4.69) is 0 Å². The summed E-state index contributed by atoms with van der Waals surface area (Å²) in [6.07, 6.45) is -4.88. The fraction of sp³-hybridized carbons (Fsp3) is 0.368. The molecular formula is C19H14Cl3F3O4S. The minimum atomic E-state index is -5.21. The van der Waals surface area contributed by atoms with Crippen LogP contribution < -0.4 is 0 Å². The maximum absolute atomic E-state index is 13.9. The monoisotopic (exact) mass is 500 g/mol. The van der Waals surface area contributed by atoms with Gasteiger partial charge < -0.3 is 9.84 Å². The Morgan fingerprint density at radius 2 is 1.63 bits per heavy atom. The number of thiophene rings is 1. The van der Waals surface area contributed by atoms with Gasteiger partial charge in [0.1, 0.15) is 4.88 Å². The van der Waals surface area contributed by atoms with E-state index in [1.165, 1.54) is 7.11 Å². The Hall–Kier alpha value is -1.32. The fourth-order valence-electron chi connectivity index (χ4n) is 3.43. The number of methoxy groups -OCH3 is 1. The lowest BCUT2D eigenvalue weighted by Crippen LogP contribution is -2.44. The zero-order valence-electron chi connectivity index (χ0n) is 15.3. The topological polar surface area (TPSA) is 63.6 Å². The zero-order valence-corrected chi connectivity index (χ0v) is 18.4. The molecule has 1 unspecified atom stereocenters. The Morgan fingerprint density at radius 1 is 1.10 bits per heavy atom. The van der Waals surface area contributed by atoms with E-state index in [4.69, 9.17) is 39.5 Å². The van der Waals surface area contributed by atoms with Crippen LogP contribution in [0.1, 0.15) is 48.9 Å². The summed E-state index contributed by atoms with van der Waals surface area (Å²) in [6, 6.07) is 1.66. The molecule has 1 aromatic carbocycles. The van der Waals surface area contributed by atoms with Crippen LogP contribution in [0.15, 0.2) is 12.1 Å². The highest BCUT2D eigenvalue weighted by Gasteiger charge is 2.56. The smallest absolute Gasteiger partial charge is 0.421 e. The van der Waals surface area contributed by atoms with Gasteiger partial charge in [0.15, 0.2) is 11.4 Å². The molecule has 30 heavy (non-hydrogen) atoms. The first-order valence-corrected chi connectivity index (χ1v) is 10.6. The van der Waals surface area contributed by atoms with Crippen LogP contribution in [0.4, 0.5) is 13.2 Å². The molecule has 0 fully saturated rings. The predicted molar refractivity (Wildman–Crippen MR) is 108 cm³/mol. The van der Waals surface area contributed by atoms with Crippen molar-refractivity contribution in [3.8, 4) is 0 Å². The molecule has 1 aliphatic carbocycles. The summed E-state index contributed by atoms with van der Waals surface area (Å²) in [5.74, 6) is -1.60. The summed E-state index contributed by atoms with van der Waals surface area (Å²) in [5, 5.41) is 9.85. The highest BCUT2D eigenvalue weighted by Crippen LogP contribution is 2.46. The molecule has 4 nitrogen and oxygen atoms in total. The number of ether oxygens (including phenoxy) is 1. The number of alkyl halides is 3. The van der Waals surface area contributed by atoms with Crippen molar-refractivity contribution in [1.82, 2.24) is 0 Å². The maximum Gasteiger partial charge on any atom is 0.421 e. The molecule has 1 aromatic heterocycles. The Kier molecular flexibility index (Phi) is 6.47. The third-order valence-electron chi connectivity index (χ3n) is 4.94. The number of esters is 1. The summed E-state index contributed by atoms with van der Waals surface area (Å²) >= 11 is 18.2. The van der Waals surface area contributed by atoms with Crippen LogP contribution in [0.25, 0.3) is 0 Å². The molecule has 0 saturated heterocycles. The maximum atomic E-state index is 13.9. The summed E-state index contributed by atoms with van der Waals surface area (Å²) in [7, 11) is 1.18. The summed E-state index contributed by atoms with van der Waals surface area (Å²) in [6.45, 7) is 0. The number of fused-ring (bicyclic) bond motifs is 1. The van der Waals surface area contributed by atoms with Gasteiger partial charge in [-0.05, 0) is 48.1 Å². The van der Waals surface area contributed by atoms with E-state index in [1.807, 2.05) is 0 Å². The molecule has 162 valence electrons. The van der Waals surface area contributed by atoms with Crippen LogP contribution >= 0.6 is 46.1 Å². The van der Waals surface area contributed by atoms with Gasteiger partial charge >= 0.3 is 12.1 Å². The van der Waals surface area contributed by atoms with E-state index in [9.17, 15) is 27.9 Å². The van der Waals surface area contributed by atoms with Crippen molar-refractivity contribution in [3.05, 3.63) is 53.6 Å². The van der Waals surface area contributed by atoms with E-state index < -0.39 is 35.5 Å². The number of carbonyl (C=O) groups excluding carboxylic acids is 2. The highest BCUT2D eigenvalue weighted by molar-refractivity contribution is 7.16. The first kappa shape index (κ1) is 23.3. The normalized spacial score (nSPS) is 15.6. The minimum absolute atomic E-state index is 0.0109. The van der Waals surface area contributed by atoms with Crippen LogP contribution in [0.3, 0.4) is 0 Å². The number of aliphatic hydroxyl groups is 1. The summed E-state index contributed by atoms with van der Waals surface area (Å²) in [4.78, 5) is 25.1. The largest absolute Gasteiger partial charge is 0.465 e. The minimum Gasteiger partial charge on any atom is -0.465 e. The molecule has 11 heteroatoms. The van der Waals surface area contributed by atoms with E-state index in [-0.39, 0.29) is 24.8 Å². The Morgan fingerprint density at radius 3 is 2.13 bits per heavy atom. The third kappa shape index (κ3) is 3.96. The number of rotatable bonds is 5. The van der Waals surface area contributed by atoms with Gasteiger partial charge in [0.05, 0.1) is 33.5 Å². The molecule has 2 aromatic rings. The van der Waals surface area contributed by atoms with Gasteiger partial charge in [-0.15, -0.1) is 11.3 Å². The van der Waals surface area contributed by atoms with E-state index in [1.54, 1.807) is 0 Å². The third-order valence-corrected chi connectivity index (χ3v) is 7.43. The fourth-order valence-corrected chi connectivity index (χ4v) is 5.28. The van der Waals surface area contributed by atoms with Gasteiger partial charge in [-0.25, -0.2) is 4.79 Å². The molecule has 1 N–H and O–H groups in total. The van der Waals surface area contributed by atoms with Crippen molar-refractivity contribution in [3.63, 3.8) is 0 Å². The van der Waals surface area contributed by atoms with Crippen LogP contribution in [0.5, 0.6) is 0 Å². The number of Topliss-reactive ketones (excluding diaryl/α,β-unsaturated/α-hetero) is 1. The SMILES string of the molecule is COC(=O)c1sc(C(=O)CC(O)(c2cc(Cl)c(Cl)c(Cl)c2)C(F)(F)F)c2c1CCC2. The molecule has 1 atom stereocenters. The van der Waals surface area contributed by atoms with Crippen molar-refractivity contribution in [2.24, 2.45) is 0 Å². The van der Waals surface area contributed by atoms with Crippen molar-refractivity contribution >= 4 is 57.9 Å². The van der Waals surface area contributed by atoms with Gasteiger partial charge in [-0.1, -0.05) is 34.8 Å². The standard InChI is InChI=1S/C19H14Cl3F3O4S/c1-29-17(27)16-10-4-2-3-9(10)15(30-16)13(26)7-18(28,19(23,24)25)8-5-11(20)14(22)12(21)6-8/h5-6,28H,2-4,7H2,1H3. The average molecular weight is 502 g/mol. The number of benzene rings is 1. The Labute approximate surface area is 188 Å². The lowest BCUT2D eigenvalue weighted by molar-refractivity contribution is -0.264. The molecule has 0 saturated carbocycles. The molecule has 1 heterocycles. The lowest BCUT2D eigenvalue weighted by atomic mass is 9.87. The second kappa shape index (κ2) is 8.31. The molecule has 0 bridgehead atoms. The molecule has 0 radical (unpaired) electrons. The average Bonchev–Trinajstić information content (AvgIpc) is 3.26. The van der Waals surface area contributed by atoms with Gasteiger partial charge in [-0.3, -0.25) is 4.79 Å². The van der Waals surface area contributed by atoms with Gasteiger partial charge in [0.2, 0.25) is 0 Å². The van der Waals surface area contributed by atoms with Crippen molar-refractivity contribution in [2.75, 3.05) is 7.11 Å². The molecular weight excluding hydrogens is 488 g/mol. The van der Waals surface area contributed by atoms with Gasteiger partial charge in [-0.2, -0.15) is 13.2 Å². The predicted octanol–water partition coefficient (Wildman–Crippen LogP) is 6.01. The number of ketones is 1. The van der Waals surface area contributed by atoms with Gasteiger partial charge in [0.25, 0.3) is 0 Å². The van der Waals surface area contributed by atoms with Crippen molar-refractivity contribution in [1.29, 1.82) is 0 Å². The quantitative estimate of drug-likeness (QED) is 0.310. The van der Waals surface area contributed by atoms with E-state index in [0.29, 0.717) is 30.4 Å². The second-order valence-electron chi connectivity index (χ2n) is 6.77. The van der Waals surface area contributed by atoms with E-state index >= 15 is 0 Å². The molecule has 0 aliphatic heterocycles. The number of carbonyl (C=O) groups is 2. The number of hydrogen-bond donors (Lipinski definition) is 1. The van der Waals surface area contributed by atoms with Crippen LogP contribution in [-0.4, -0.2) is 30.1 Å². The molecule has 0 spiro atoms. The van der Waals surface area contributed by atoms with Crippen LogP contribution in [-0.2, 0) is 23.2 Å². The first-order valence-electron chi connectivity index (χ1n) is 8.61. The zero-order chi connectivity index (χ0) is 22.4. The summed E-state index contributed by atoms with van der Waals surface area (Å²) < 4.78 is 46.4. The van der Waals surface area contributed by atoms with Gasteiger partial charge in [0, 0.05) is 0 Å². The second-order valence-corrected chi connectivity index (χ2v) is 8.99. The first-order chi connectivity index (χ1) is 13.9. The van der Waals surface area contributed by atoms with Crippen molar-refractivity contribution < 1.29 is 32.6 Å². The van der Waals surface area contributed by atoms with Crippen molar-refractivity contribution in [2.45, 2.75) is 37.5 Å². The van der Waals surface area contributed by atoms with Crippen LogP contribution in [0.2, 0.25) is 15.1 Å². The lowest BCUT2D eigenvalue weighted by Gasteiger charge is -2.31. The molecule has 3 rings (SSSR count). The molecule has 1 aliphatic rings. The number of halogens is 6. The number of hydrogen-bond acceptors (Lipinski definition) is 5. The van der Waals surface area contributed by atoms with Crippen LogP contribution in [0, 0.1) is 0 Å².